The number of carbonyl (C=O) groups excluding carboxylic acids is 1. The molecular formula is C38H43N3O4. The molecule has 7 nitrogen and oxygen atoms in total. The molecule has 234 valence electrons. The molecule has 6 rings (SSSR count). The number of aromatic nitrogens is 1. The van der Waals surface area contributed by atoms with Crippen molar-refractivity contribution in [3.05, 3.63) is 125 Å². The summed E-state index contributed by atoms with van der Waals surface area (Å²) < 4.78 is 13.4. The number of rotatable bonds is 9. The highest BCUT2D eigenvalue weighted by molar-refractivity contribution is 5.93. The lowest BCUT2D eigenvalue weighted by Crippen LogP contribution is -2.40. The van der Waals surface area contributed by atoms with Crippen LogP contribution in [0, 0.1) is 0 Å². The predicted octanol–water partition coefficient (Wildman–Crippen LogP) is 6.98. The third kappa shape index (κ3) is 8.44. The highest BCUT2D eigenvalue weighted by Gasteiger charge is 2.33. The van der Waals surface area contributed by atoms with Crippen LogP contribution in [-0.2, 0) is 22.6 Å². The van der Waals surface area contributed by atoms with Gasteiger partial charge in [-0.1, -0.05) is 79.9 Å². The number of amides is 1. The minimum atomic E-state index is -0.497. The van der Waals surface area contributed by atoms with Crippen molar-refractivity contribution in [2.45, 2.75) is 70.2 Å². The molecule has 2 fully saturated rings. The van der Waals surface area contributed by atoms with Crippen LogP contribution in [0.4, 0.5) is 0 Å². The van der Waals surface area contributed by atoms with Crippen LogP contribution in [-0.4, -0.2) is 46.6 Å². The number of benzene rings is 3. The predicted molar refractivity (Wildman–Crippen MR) is 175 cm³/mol. The number of ether oxygens (including phenoxy) is 2. The van der Waals surface area contributed by atoms with Gasteiger partial charge in [-0.2, -0.15) is 0 Å². The number of hydrogen-bond acceptors (Lipinski definition) is 6. The SMILES string of the molecule is O=C(NCc1cccc(-c2cccc(C3OC(CN4CCCCCCC4)CC(c4ccc(CO)cc4)O3)c2)c1)c1cccnc1. The number of carbonyl (C=O) groups is 1. The third-order valence-corrected chi connectivity index (χ3v) is 8.82. The molecule has 1 amide bonds. The van der Waals surface area contributed by atoms with E-state index in [1.165, 1.54) is 32.1 Å². The Morgan fingerprint density at radius 2 is 1.58 bits per heavy atom. The minimum absolute atomic E-state index is 0.0278. The van der Waals surface area contributed by atoms with E-state index in [2.05, 4.69) is 63.7 Å². The second-order valence-electron chi connectivity index (χ2n) is 12.2. The van der Waals surface area contributed by atoms with Gasteiger partial charge < -0.3 is 24.8 Å². The van der Waals surface area contributed by atoms with Crippen molar-refractivity contribution in [3.8, 4) is 11.1 Å². The monoisotopic (exact) mass is 605 g/mol. The highest BCUT2D eigenvalue weighted by atomic mass is 16.7. The van der Waals surface area contributed by atoms with E-state index >= 15 is 0 Å². The van der Waals surface area contributed by atoms with Crippen molar-refractivity contribution in [1.29, 1.82) is 0 Å². The molecular weight excluding hydrogens is 562 g/mol. The quantitative estimate of drug-likeness (QED) is 0.214. The standard InChI is InChI=1S/C38H43N3O4/c42-27-28-14-16-30(17-15-28)36-23-35(26-41-19-4-2-1-3-5-20-41)44-38(45-36)33-12-7-11-32(22-33)31-10-6-9-29(21-31)24-40-37(43)34-13-8-18-39-25-34/h6-18,21-22,25,35-36,38,42H,1-5,19-20,23-24,26-27H2,(H,40,43). The van der Waals surface area contributed by atoms with Crippen molar-refractivity contribution >= 4 is 5.91 Å². The van der Waals surface area contributed by atoms with Gasteiger partial charge in [0.2, 0.25) is 0 Å². The second-order valence-corrected chi connectivity index (χ2v) is 12.2. The van der Waals surface area contributed by atoms with Crippen molar-refractivity contribution < 1.29 is 19.4 Å². The maximum atomic E-state index is 12.5. The van der Waals surface area contributed by atoms with Crippen LogP contribution < -0.4 is 5.32 Å². The van der Waals surface area contributed by atoms with E-state index in [-0.39, 0.29) is 24.7 Å². The van der Waals surface area contributed by atoms with Crippen LogP contribution in [0.2, 0.25) is 0 Å². The Morgan fingerprint density at radius 1 is 0.822 bits per heavy atom. The number of likely N-dealkylation sites (tertiary alicyclic amines) is 1. The van der Waals surface area contributed by atoms with Gasteiger partial charge in [0.05, 0.1) is 24.4 Å². The van der Waals surface area contributed by atoms with Gasteiger partial charge in [0.1, 0.15) is 0 Å². The zero-order valence-corrected chi connectivity index (χ0v) is 25.8. The summed E-state index contributed by atoms with van der Waals surface area (Å²) >= 11 is 0. The molecule has 2 N–H and O–H groups in total. The van der Waals surface area contributed by atoms with Crippen molar-refractivity contribution in [3.63, 3.8) is 0 Å². The van der Waals surface area contributed by atoms with Gasteiger partial charge >= 0.3 is 0 Å². The molecule has 1 aromatic heterocycles. The molecule has 0 spiro atoms. The van der Waals surface area contributed by atoms with E-state index in [9.17, 15) is 9.90 Å². The Morgan fingerprint density at radius 3 is 2.33 bits per heavy atom. The van der Waals surface area contributed by atoms with Gasteiger partial charge in [0.15, 0.2) is 6.29 Å². The number of pyridine rings is 1. The number of hydrogen-bond donors (Lipinski definition) is 2. The summed E-state index contributed by atoms with van der Waals surface area (Å²) in [7, 11) is 0. The van der Waals surface area contributed by atoms with E-state index in [4.69, 9.17) is 9.47 Å². The number of aliphatic hydroxyl groups excluding tert-OH is 1. The van der Waals surface area contributed by atoms with Crippen LogP contribution in [0.25, 0.3) is 11.1 Å². The lowest BCUT2D eigenvalue weighted by molar-refractivity contribution is -0.253. The van der Waals surface area contributed by atoms with Crippen LogP contribution in [0.1, 0.15) is 83.5 Å². The Bertz CT molecular complexity index is 1520. The Labute approximate surface area is 266 Å². The molecule has 2 saturated heterocycles. The maximum absolute atomic E-state index is 12.5. The van der Waals surface area contributed by atoms with E-state index < -0.39 is 6.29 Å². The number of aliphatic hydroxyl groups is 1. The molecule has 0 bridgehead atoms. The first kappa shape index (κ1) is 31.1. The maximum Gasteiger partial charge on any atom is 0.253 e. The van der Waals surface area contributed by atoms with Crippen molar-refractivity contribution in [2.24, 2.45) is 0 Å². The first-order chi connectivity index (χ1) is 22.1. The van der Waals surface area contributed by atoms with Gasteiger partial charge in [-0.3, -0.25) is 9.78 Å². The summed E-state index contributed by atoms with van der Waals surface area (Å²) in [6.07, 6.45) is 9.89. The average Bonchev–Trinajstić information content (AvgIpc) is 3.09. The molecule has 7 heteroatoms. The van der Waals surface area contributed by atoms with Crippen LogP contribution in [0.5, 0.6) is 0 Å². The molecule has 3 atom stereocenters. The summed E-state index contributed by atoms with van der Waals surface area (Å²) in [6, 6.07) is 28.2. The molecule has 4 aromatic rings. The summed E-state index contributed by atoms with van der Waals surface area (Å²) in [6.45, 7) is 3.59. The van der Waals surface area contributed by atoms with E-state index in [0.717, 1.165) is 59.4 Å². The molecule has 2 aliphatic rings. The molecule has 3 aromatic carbocycles. The van der Waals surface area contributed by atoms with Crippen LogP contribution in [0.15, 0.2) is 97.3 Å². The van der Waals surface area contributed by atoms with Crippen LogP contribution in [0.3, 0.4) is 0 Å². The van der Waals surface area contributed by atoms with Gasteiger partial charge in [0, 0.05) is 37.5 Å². The summed E-state index contributed by atoms with van der Waals surface area (Å²) in [5, 5.41) is 12.6. The van der Waals surface area contributed by atoms with E-state index in [1.807, 2.05) is 24.3 Å². The van der Waals surface area contributed by atoms with Crippen LogP contribution >= 0.6 is 0 Å². The Hall–Kier alpha value is -3.88. The van der Waals surface area contributed by atoms with E-state index in [0.29, 0.717) is 12.1 Å². The smallest absolute Gasteiger partial charge is 0.253 e. The Balaban J connectivity index is 1.19. The molecule has 45 heavy (non-hydrogen) atoms. The van der Waals surface area contributed by atoms with Gasteiger partial charge in [-0.05, 0) is 78.0 Å². The molecule has 3 unspecified atom stereocenters. The molecule has 3 heterocycles. The first-order valence-corrected chi connectivity index (χ1v) is 16.2. The fourth-order valence-electron chi connectivity index (χ4n) is 6.32. The highest BCUT2D eigenvalue weighted by Crippen LogP contribution is 2.39. The topological polar surface area (TPSA) is 83.9 Å². The first-order valence-electron chi connectivity index (χ1n) is 16.2. The Kier molecular flexibility index (Phi) is 10.7. The largest absolute Gasteiger partial charge is 0.392 e. The number of nitrogens with zero attached hydrogens (tertiary/aromatic N) is 2. The minimum Gasteiger partial charge on any atom is -0.392 e. The van der Waals surface area contributed by atoms with Gasteiger partial charge in [-0.15, -0.1) is 0 Å². The zero-order chi connectivity index (χ0) is 30.8. The third-order valence-electron chi connectivity index (χ3n) is 8.82. The normalized spacial score (nSPS) is 21.0. The van der Waals surface area contributed by atoms with Crippen molar-refractivity contribution in [2.75, 3.05) is 19.6 Å². The lowest BCUT2D eigenvalue weighted by atomic mass is 9.98. The molecule has 0 aliphatic carbocycles. The molecule has 0 radical (unpaired) electrons. The zero-order valence-electron chi connectivity index (χ0n) is 25.8. The summed E-state index contributed by atoms with van der Waals surface area (Å²) in [5.74, 6) is -0.145. The summed E-state index contributed by atoms with van der Waals surface area (Å²) in [5.41, 5.74) is 6.67. The molecule has 2 aliphatic heterocycles. The second kappa shape index (κ2) is 15.4. The van der Waals surface area contributed by atoms with Gasteiger partial charge in [-0.25, -0.2) is 0 Å². The molecule has 0 saturated carbocycles. The average molecular weight is 606 g/mol. The fourth-order valence-corrected chi connectivity index (χ4v) is 6.32. The number of nitrogens with one attached hydrogen (secondary N) is 1. The lowest BCUT2D eigenvalue weighted by Gasteiger charge is -2.39. The van der Waals surface area contributed by atoms with Crippen molar-refractivity contribution in [1.82, 2.24) is 15.2 Å². The fraction of sp³-hybridized carbons (Fsp3) is 0.368. The van der Waals surface area contributed by atoms with Gasteiger partial charge in [0.25, 0.3) is 5.91 Å². The van der Waals surface area contributed by atoms with E-state index in [1.54, 1.807) is 24.5 Å². The summed E-state index contributed by atoms with van der Waals surface area (Å²) in [4.78, 5) is 19.2.